The Bertz CT molecular complexity index is 556. The average Bonchev–Trinajstić information content (AvgIpc) is 3.26. The Morgan fingerprint density at radius 2 is 2.19 bits per heavy atom. The molecule has 0 aliphatic heterocycles. The Morgan fingerprint density at radius 3 is 2.71 bits per heavy atom. The van der Waals surface area contributed by atoms with Crippen LogP contribution < -0.4 is 15.8 Å². The number of nitriles is 1. The number of benzene rings is 1. The fourth-order valence-electron chi connectivity index (χ4n) is 1.94. The number of nitrogens with one attached hydrogen (secondary N) is 1. The molecule has 0 radical (unpaired) electrons. The molecule has 110 valence electrons. The van der Waals surface area contributed by atoms with Crippen molar-refractivity contribution < 1.29 is 9.53 Å². The number of hydrogen-bond acceptors (Lipinski definition) is 4. The van der Waals surface area contributed by atoms with E-state index in [1.54, 1.807) is 6.08 Å². The van der Waals surface area contributed by atoms with Crippen molar-refractivity contribution in [3.8, 4) is 11.8 Å². The van der Waals surface area contributed by atoms with Gasteiger partial charge in [0.25, 0.3) is 0 Å². The molecule has 5 heteroatoms. The standard InChI is InChI=1S/C16H19N3O2/c1-2-9-21-13-5-3-12(4-6-13)10-14(18)15(20)19-16(11-17)7-8-16/h2-6,14H,1,7-10,18H2,(H,19,20). The number of rotatable bonds is 7. The zero-order valence-electron chi connectivity index (χ0n) is 11.8. The van der Waals surface area contributed by atoms with E-state index in [-0.39, 0.29) is 5.91 Å². The first-order valence-corrected chi connectivity index (χ1v) is 6.90. The van der Waals surface area contributed by atoms with E-state index in [4.69, 9.17) is 15.7 Å². The number of nitrogens with zero attached hydrogens (tertiary/aromatic N) is 1. The third-order valence-electron chi connectivity index (χ3n) is 3.41. The first kappa shape index (κ1) is 15.1. The molecule has 0 aromatic heterocycles. The van der Waals surface area contributed by atoms with Crippen molar-refractivity contribution in [3.05, 3.63) is 42.5 Å². The minimum absolute atomic E-state index is 0.277. The van der Waals surface area contributed by atoms with Gasteiger partial charge in [-0.2, -0.15) is 5.26 Å². The van der Waals surface area contributed by atoms with Crippen LogP contribution in [0.2, 0.25) is 0 Å². The molecule has 1 aliphatic rings. The minimum atomic E-state index is -0.670. The molecule has 3 N–H and O–H groups in total. The van der Waals surface area contributed by atoms with E-state index in [0.717, 1.165) is 11.3 Å². The van der Waals surface area contributed by atoms with Gasteiger partial charge >= 0.3 is 0 Å². The lowest BCUT2D eigenvalue weighted by atomic mass is 10.1. The minimum Gasteiger partial charge on any atom is -0.490 e. The first-order valence-electron chi connectivity index (χ1n) is 6.90. The van der Waals surface area contributed by atoms with Gasteiger partial charge < -0.3 is 15.8 Å². The summed E-state index contributed by atoms with van der Waals surface area (Å²) in [4.78, 5) is 11.9. The molecule has 1 atom stereocenters. The maximum Gasteiger partial charge on any atom is 0.238 e. The summed E-state index contributed by atoms with van der Waals surface area (Å²) in [6.45, 7) is 4.04. The molecule has 1 fully saturated rings. The number of ether oxygens (including phenoxy) is 1. The number of carbonyl (C=O) groups is 1. The topological polar surface area (TPSA) is 88.1 Å². The van der Waals surface area contributed by atoms with Crippen LogP contribution in [0.4, 0.5) is 0 Å². The number of hydrogen-bond donors (Lipinski definition) is 2. The van der Waals surface area contributed by atoms with Crippen molar-refractivity contribution in [2.75, 3.05) is 6.61 Å². The molecule has 21 heavy (non-hydrogen) atoms. The summed E-state index contributed by atoms with van der Waals surface area (Å²) >= 11 is 0. The molecule has 5 nitrogen and oxygen atoms in total. The first-order chi connectivity index (χ1) is 10.1. The summed E-state index contributed by atoms with van der Waals surface area (Å²) in [5.74, 6) is 0.471. The molecule has 1 unspecified atom stereocenters. The molecular formula is C16H19N3O2. The Hall–Kier alpha value is -2.32. The second kappa shape index (κ2) is 6.42. The van der Waals surface area contributed by atoms with Gasteiger partial charge in [-0.3, -0.25) is 4.79 Å². The lowest BCUT2D eigenvalue weighted by Gasteiger charge is -2.15. The molecule has 0 heterocycles. The lowest BCUT2D eigenvalue weighted by molar-refractivity contribution is -0.122. The van der Waals surface area contributed by atoms with Gasteiger partial charge in [0.2, 0.25) is 5.91 Å². The molecule has 1 amide bonds. The van der Waals surface area contributed by atoms with Gasteiger partial charge in [-0.1, -0.05) is 24.8 Å². The zero-order valence-corrected chi connectivity index (χ0v) is 11.8. The van der Waals surface area contributed by atoms with Crippen molar-refractivity contribution in [1.29, 1.82) is 5.26 Å². The van der Waals surface area contributed by atoms with E-state index in [2.05, 4.69) is 18.0 Å². The quantitative estimate of drug-likeness (QED) is 0.739. The van der Waals surface area contributed by atoms with E-state index >= 15 is 0 Å². The molecule has 0 bridgehead atoms. The second-order valence-corrected chi connectivity index (χ2v) is 5.24. The van der Waals surface area contributed by atoms with Crippen LogP contribution >= 0.6 is 0 Å². The number of carbonyl (C=O) groups excluding carboxylic acids is 1. The van der Waals surface area contributed by atoms with Crippen molar-refractivity contribution in [2.45, 2.75) is 30.8 Å². The third kappa shape index (κ3) is 4.07. The molecule has 1 aromatic rings. The Balaban J connectivity index is 1.87. The Labute approximate surface area is 124 Å². The van der Waals surface area contributed by atoms with Gasteiger partial charge in [-0.05, 0) is 37.0 Å². The molecule has 2 rings (SSSR count). The molecule has 1 saturated carbocycles. The Kier molecular flexibility index (Phi) is 4.61. The fourth-order valence-corrected chi connectivity index (χ4v) is 1.94. The van der Waals surface area contributed by atoms with Crippen LogP contribution in [0.25, 0.3) is 0 Å². The number of nitrogens with two attached hydrogens (primary N) is 1. The molecule has 1 aliphatic carbocycles. The van der Waals surface area contributed by atoms with Crippen molar-refractivity contribution in [3.63, 3.8) is 0 Å². The lowest BCUT2D eigenvalue weighted by Crippen LogP contribution is -2.47. The van der Waals surface area contributed by atoms with Gasteiger partial charge in [0, 0.05) is 0 Å². The molecule has 1 aromatic carbocycles. The van der Waals surface area contributed by atoms with E-state index in [1.165, 1.54) is 0 Å². The highest BCUT2D eigenvalue weighted by Gasteiger charge is 2.45. The summed E-state index contributed by atoms with van der Waals surface area (Å²) in [5.41, 5.74) is 6.17. The summed E-state index contributed by atoms with van der Waals surface area (Å²) in [7, 11) is 0. The van der Waals surface area contributed by atoms with Gasteiger partial charge in [-0.15, -0.1) is 0 Å². The highest BCUT2D eigenvalue weighted by Crippen LogP contribution is 2.34. The van der Waals surface area contributed by atoms with Gasteiger partial charge in [0.1, 0.15) is 17.9 Å². The van der Waals surface area contributed by atoms with Crippen LogP contribution in [0.15, 0.2) is 36.9 Å². The monoisotopic (exact) mass is 285 g/mol. The normalized spacial score (nSPS) is 16.4. The smallest absolute Gasteiger partial charge is 0.238 e. The second-order valence-electron chi connectivity index (χ2n) is 5.24. The van der Waals surface area contributed by atoms with Crippen LogP contribution in [0.3, 0.4) is 0 Å². The molecule has 0 spiro atoms. The van der Waals surface area contributed by atoms with Crippen LogP contribution in [0.1, 0.15) is 18.4 Å². The largest absolute Gasteiger partial charge is 0.490 e. The van der Waals surface area contributed by atoms with Crippen LogP contribution in [-0.2, 0) is 11.2 Å². The van der Waals surface area contributed by atoms with Crippen molar-refractivity contribution in [1.82, 2.24) is 5.32 Å². The van der Waals surface area contributed by atoms with Gasteiger partial charge in [-0.25, -0.2) is 0 Å². The fraction of sp³-hybridized carbons (Fsp3) is 0.375. The van der Waals surface area contributed by atoms with Gasteiger partial charge in [0.05, 0.1) is 12.1 Å². The summed E-state index contributed by atoms with van der Waals surface area (Å²) in [6, 6.07) is 8.88. The van der Waals surface area contributed by atoms with E-state index in [0.29, 0.717) is 25.9 Å². The summed E-state index contributed by atoms with van der Waals surface area (Å²) < 4.78 is 5.39. The third-order valence-corrected chi connectivity index (χ3v) is 3.41. The van der Waals surface area contributed by atoms with E-state index in [1.807, 2.05) is 24.3 Å². The van der Waals surface area contributed by atoms with Crippen LogP contribution in [-0.4, -0.2) is 24.1 Å². The van der Waals surface area contributed by atoms with Crippen molar-refractivity contribution >= 4 is 5.91 Å². The highest BCUT2D eigenvalue weighted by atomic mass is 16.5. The predicted octanol–water partition coefficient (Wildman–Crippen LogP) is 1.29. The zero-order chi connectivity index (χ0) is 15.3. The average molecular weight is 285 g/mol. The van der Waals surface area contributed by atoms with E-state index < -0.39 is 11.6 Å². The summed E-state index contributed by atoms with van der Waals surface area (Å²) in [6.07, 6.45) is 3.51. The predicted molar refractivity (Wildman–Crippen MR) is 79.5 cm³/mol. The SMILES string of the molecule is C=CCOc1ccc(CC(N)C(=O)NC2(C#N)CC2)cc1. The summed E-state index contributed by atoms with van der Waals surface area (Å²) in [5, 5.41) is 11.7. The highest BCUT2D eigenvalue weighted by molar-refractivity contribution is 5.83. The van der Waals surface area contributed by atoms with E-state index in [9.17, 15) is 4.79 Å². The van der Waals surface area contributed by atoms with Gasteiger partial charge in [0.15, 0.2) is 0 Å². The van der Waals surface area contributed by atoms with Crippen LogP contribution in [0, 0.1) is 11.3 Å². The number of amides is 1. The van der Waals surface area contributed by atoms with Crippen LogP contribution in [0.5, 0.6) is 5.75 Å². The molecular weight excluding hydrogens is 266 g/mol. The van der Waals surface area contributed by atoms with Crippen molar-refractivity contribution in [2.24, 2.45) is 5.73 Å². The Morgan fingerprint density at radius 1 is 1.52 bits per heavy atom. The maximum absolute atomic E-state index is 11.9. The molecule has 0 saturated heterocycles. The maximum atomic E-state index is 11.9.